The van der Waals surface area contributed by atoms with Gasteiger partial charge in [-0.1, -0.05) is 0 Å². The molecule has 0 saturated heterocycles. The molecule has 0 bridgehead atoms. The fourth-order valence-corrected chi connectivity index (χ4v) is 1.39. The predicted octanol–water partition coefficient (Wildman–Crippen LogP) is 0.666. The second-order valence-corrected chi connectivity index (χ2v) is 3.62. The van der Waals surface area contributed by atoms with Crippen LogP contribution in [0.1, 0.15) is 26.3 Å². The van der Waals surface area contributed by atoms with Gasteiger partial charge in [0.15, 0.2) is 0 Å². The second kappa shape index (κ2) is 5.89. The normalized spacial score (nSPS) is 11.9. The van der Waals surface area contributed by atoms with Gasteiger partial charge in [0, 0.05) is 6.04 Å². The van der Waals surface area contributed by atoms with Crippen molar-refractivity contribution in [1.29, 1.82) is 0 Å². The van der Waals surface area contributed by atoms with Crippen molar-refractivity contribution in [3.05, 3.63) is 33.0 Å². The van der Waals surface area contributed by atoms with Crippen molar-refractivity contribution < 1.29 is 14.5 Å². The molecule has 0 saturated carbocycles. The Bertz CT molecular complexity index is 510. The van der Waals surface area contributed by atoms with Crippen molar-refractivity contribution >= 4 is 11.7 Å². The number of aromatic nitrogens is 2. The van der Waals surface area contributed by atoms with Crippen LogP contribution in [0, 0.1) is 10.1 Å². The van der Waals surface area contributed by atoms with E-state index in [2.05, 4.69) is 4.98 Å². The molecule has 1 aromatic rings. The van der Waals surface area contributed by atoms with Crippen LogP contribution in [0.3, 0.4) is 0 Å². The van der Waals surface area contributed by atoms with Gasteiger partial charge >= 0.3 is 17.3 Å². The minimum absolute atomic E-state index is 0.0450. The number of carbonyl (C=O) groups is 1. The van der Waals surface area contributed by atoms with Crippen molar-refractivity contribution in [2.45, 2.75) is 26.3 Å². The predicted molar refractivity (Wildman–Crippen MR) is 61.1 cm³/mol. The first kappa shape index (κ1) is 13.8. The van der Waals surface area contributed by atoms with E-state index in [1.165, 1.54) is 0 Å². The average molecular weight is 255 g/mol. The summed E-state index contributed by atoms with van der Waals surface area (Å²) in [5, 5.41) is 10.6. The van der Waals surface area contributed by atoms with E-state index in [-0.39, 0.29) is 18.7 Å². The third-order valence-electron chi connectivity index (χ3n) is 2.25. The molecule has 1 heterocycles. The lowest BCUT2D eigenvalue weighted by atomic mass is 10.2. The number of rotatable bonds is 5. The van der Waals surface area contributed by atoms with Crippen LogP contribution in [0.15, 0.2) is 17.2 Å². The summed E-state index contributed by atoms with van der Waals surface area (Å²) < 4.78 is 5.79. The third kappa shape index (κ3) is 3.37. The van der Waals surface area contributed by atoms with Crippen LogP contribution in [-0.4, -0.2) is 27.1 Å². The molecule has 8 nitrogen and oxygen atoms in total. The third-order valence-corrected chi connectivity index (χ3v) is 2.25. The van der Waals surface area contributed by atoms with E-state index < -0.39 is 22.6 Å². The molecule has 0 aliphatic carbocycles. The summed E-state index contributed by atoms with van der Waals surface area (Å²) in [5.41, 5.74) is -0.942. The van der Waals surface area contributed by atoms with Gasteiger partial charge in [0.25, 0.3) is 0 Å². The summed E-state index contributed by atoms with van der Waals surface area (Å²) in [6.07, 6.45) is 1.91. The SMILES string of the molecule is CCOC(=O)CC(C)n1cc([N+](=O)[O-])cnc1=O. The van der Waals surface area contributed by atoms with Gasteiger partial charge < -0.3 is 4.74 Å². The molecule has 0 aliphatic rings. The molecular formula is C10H13N3O5. The van der Waals surface area contributed by atoms with Crippen molar-refractivity contribution in [2.24, 2.45) is 0 Å². The summed E-state index contributed by atoms with van der Waals surface area (Å²) >= 11 is 0. The molecule has 0 radical (unpaired) electrons. The summed E-state index contributed by atoms with van der Waals surface area (Å²) in [6, 6.07) is -0.552. The van der Waals surface area contributed by atoms with E-state index >= 15 is 0 Å². The smallest absolute Gasteiger partial charge is 0.348 e. The van der Waals surface area contributed by atoms with Crippen molar-refractivity contribution in [3.63, 3.8) is 0 Å². The summed E-state index contributed by atoms with van der Waals surface area (Å²) in [5.74, 6) is -0.469. The number of esters is 1. The quantitative estimate of drug-likeness (QED) is 0.435. The Balaban J connectivity index is 2.94. The molecule has 0 amide bonds. The molecule has 1 atom stereocenters. The van der Waals surface area contributed by atoms with Gasteiger partial charge in [0.1, 0.15) is 6.20 Å². The lowest BCUT2D eigenvalue weighted by Gasteiger charge is -2.12. The van der Waals surface area contributed by atoms with Crippen LogP contribution in [-0.2, 0) is 9.53 Å². The molecule has 1 aromatic heterocycles. The van der Waals surface area contributed by atoms with E-state index in [1.807, 2.05) is 0 Å². The van der Waals surface area contributed by atoms with E-state index in [0.29, 0.717) is 0 Å². The number of nitrogens with zero attached hydrogens (tertiary/aromatic N) is 3. The Morgan fingerprint density at radius 1 is 1.67 bits per heavy atom. The number of nitro groups is 1. The fourth-order valence-electron chi connectivity index (χ4n) is 1.39. The molecule has 0 aromatic carbocycles. The zero-order valence-corrected chi connectivity index (χ0v) is 10.0. The Labute approximate surface area is 102 Å². The molecule has 0 spiro atoms. The molecule has 1 rings (SSSR count). The highest BCUT2D eigenvalue weighted by Crippen LogP contribution is 2.12. The van der Waals surface area contributed by atoms with Gasteiger partial charge in [-0.2, -0.15) is 4.98 Å². The summed E-state index contributed by atoms with van der Waals surface area (Å²) in [7, 11) is 0. The van der Waals surface area contributed by atoms with E-state index in [4.69, 9.17) is 4.74 Å². The number of hydrogen-bond donors (Lipinski definition) is 0. The zero-order valence-electron chi connectivity index (χ0n) is 10.0. The highest BCUT2D eigenvalue weighted by atomic mass is 16.6. The minimum Gasteiger partial charge on any atom is -0.466 e. The largest absolute Gasteiger partial charge is 0.466 e. The lowest BCUT2D eigenvalue weighted by molar-refractivity contribution is -0.385. The molecule has 18 heavy (non-hydrogen) atoms. The Hall–Kier alpha value is -2.25. The second-order valence-electron chi connectivity index (χ2n) is 3.62. The lowest BCUT2D eigenvalue weighted by Crippen LogP contribution is -2.27. The highest BCUT2D eigenvalue weighted by molar-refractivity contribution is 5.69. The topological polar surface area (TPSA) is 104 Å². The monoisotopic (exact) mass is 255 g/mol. The zero-order chi connectivity index (χ0) is 13.7. The first-order chi connectivity index (χ1) is 8.45. The van der Waals surface area contributed by atoms with E-state index in [9.17, 15) is 19.7 Å². The summed E-state index contributed by atoms with van der Waals surface area (Å²) in [4.78, 5) is 36.0. The van der Waals surface area contributed by atoms with Crippen LogP contribution in [0.2, 0.25) is 0 Å². The Morgan fingerprint density at radius 2 is 2.33 bits per heavy atom. The Kier molecular flexibility index (Phi) is 4.52. The van der Waals surface area contributed by atoms with Crippen molar-refractivity contribution in [3.8, 4) is 0 Å². The standard InChI is InChI=1S/C10H13N3O5/c1-3-18-9(14)4-7(2)12-6-8(13(16)17)5-11-10(12)15/h5-7H,3-4H2,1-2H3. The average Bonchev–Trinajstić information content (AvgIpc) is 2.29. The fraction of sp³-hybridized carbons (Fsp3) is 0.500. The van der Waals surface area contributed by atoms with Crippen LogP contribution >= 0.6 is 0 Å². The van der Waals surface area contributed by atoms with Crippen LogP contribution < -0.4 is 5.69 Å². The van der Waals surface area contributed by atoms with Crippen molar-refractivity contribution in [1.82, 2.24) is 9.55 Å². The van der Waals surface area contributed by atoms with Crippen LogP contribution in [0.25, 0.3) is 0 Å². The molecule has 1 unspecified atom stereocenters. The van der Waals surface area contributed by atoms with E-state index in [0.717, 1.165) is 17.0 Å². The van der Waals surface area contributed by atoms with E-state index in [1.54, 1.807) is 13.8 Å². The maximum atomic E-state index is 11.5. The van der Waals surface area contributed by atoms with Crippen LogP contribution in [0.4, 0.5) is 5.69 Å². The van der Waals surface area contributed by atoms with Gasteiger partial charge in [-0.05, 0) is 13.8 Å². The number of hydrogen-bond acceptors (Lipinski definition) is 6. The Morgan fingerprint density at radius 3 is 2.89 bits per heavy atom. The highest BCUT2D eigenvalue weighted by Gasteiger charge is 2.16. The van der Waals surface area contributed by atoms with Gasteiger partial charge in [0.05, 0.1) is 24.1 Å². The summed E-state index contributed by atoms with van der Waals surface area (Å²) in [6.45, 7) is 3.50. The van der Waals surface area contributed by atoms with Crippen molar-refractivity contribution in [2.75, 3.05) is 6.61 Å². The number of ether oxygens (including phenoxy) is 1. The van der Waals surface area contributed by atoms with Gasteiger partial charge in [-0.15, -0.1) is 0 Å². The molecule has 0 N–H and O–H groups in total. The molecule has 98 valence electrons. The maximum Gasteiger partial charge on any atom is 0.348 e. The van der Waals surface area contributed by atoms with Gasteiger partial charge in [-0.3, -0.25) is 19.5 Å². The molecular weight excluding hydrogens is 242 g/mol. The number of carbonyl (C=O) groups excluding carboxylic acids is 1. The first-order valence-electron chi connectivity index (χ1n) is 5.34. The minimum atomic E-state index is -0.653. The maximum absolute atomic E-state index is 11.5. The first-order valence-corrected chi connectivity index (χ1v) is 5.34. The van der Waals surface area contributed by atoms with Gasteiger partial charge in [-0.25, -0.2) is 4.79 Å². The molecule has 0 aliphatic heterocycles. The van der Waals surface area contributed by atoms with Gasteiger partial charge in [0.2, 0.25) is 0 Å². The van der Waals surface area contributed by atoms with Crippen LogP contribution in [0.5, 0.6) is 0 Å². The molecule has 8 heteroatoms. The molecule has 0 fully saturated rings.